The van der Waals surface area contributed by atoms with Crippen molar-refractivity contribution < 1.29 is 14.2 Å². The molecule has 1 fully saturated rings. The molecule has 1 heterocycles. The van der Waals surface area contributed by atoms with Gasteiger partial charge in [0.25, 0.3) is 0 Å². The Hall–Kier alpha value is -2.26. The van der Waals surface area contributed by atoms with Gasteiger partial charge in [-0.05, 0) is 55.2 Å². The summed E-state index contributed by atoms with van der Waals surface area (Å²) in [5.74, 6) is 1.81. The van der Waals surface area contributed by atoms with E-state index < -0.39 is 0 Å². The molecule has 27 heavy (non-hydrogen) atoms. The third-order valence-electron chi connectivity index (χ3n) is 5.01. The van der Waals surface area contributed by atoms with Crippen LogP contribution in [0.25, 0.3) is 0 Å². The molecular weight excluding hydrogens is 336 g/mol. The summed E-state index contributed by atoms with van der Waals surface area (Å²) < 4.78 is 16.7. The summed E-state index contributed by atoms with van der Waals surface area (Å²) in [5.41, 5.74) is 3.63. The fourth-order valence-corrected chi connectivity index (χ4v) is 3.02. The molecule has 1 unspecified atom stereocenters. The normalized spacial score (nSPS) is 16.0. The number of epoxide rings is 1. The maximum Gasteiger partial charge on any atom is 0.119 e. The van der Waals surface area contributed by atoms with Gasteiger partial charge < -0.3 is 14.2 Å². The van der Waals surface area contributed by atoms with Crippen LogP contribution in [-0.4, -0.2) is 25.9 Å². The van der Waals surface area contributed by atoms with Crippen molar-refractivity contribution in [2.45, 2.75) is 45.1 Å². The Morgan fingerprint density at radius 3 is 2.00 bits per heavy atom. The highest BCUT2D eigenvalue weighted by molar-refractivity contribution is 5.41. The Kier molecular flexibility index (Phi) is 6.22. The van der Waals surface area contributed by atoms with Crippen molar-refractivity contribution >= 4 is 0 Å². The van der Waals surface area contributed by atoms with Gasteiger partial charge >= 0.3 is 0 Å². The van der Waals surface area contributed by atoms with Gasteiger partial charge in [0.05, 0.1) is 13.2 Å². The second-order valence-electron chi connectivity index (χ2n) is 7.85. The van der Waals surface area contributed by atoms with Crippen molar-refractivity contribution in [2.24, 2.45) is 0 Å². The molecule has 0 amide bonds. The van der Waals surface area contributed by atoms with E-state index in [1.807, 2.05) is 12.1 Å². The Morgan fingerprint density at radius 1 is 1.00 bits per heavy atom. The lowest BCUT2D eigenvalue weighted by Crippen LogP contribution is -2.18. The van der Waals surface area contributed by atoms with E-state index in [0.717, 1.165) is 37.6 Å². The molecule has 144 valence electrons. The second-order valence-corrected chi connectivity index (χ2v) is 7.85. The molecule has 0 radical (unpaired) electrons. The summed E-state index contributed by atoms with van der Waals surface area (Å²) in [6.07, 6.45) is 2.30. The minimum atomic E-state index is -0.0867. The topological polar surface area (TPSA) is 31.0 Å². The highest BCUT2D eigenvalue weighted by Crippen LogP contribution is 2.33. The van der Waals surface area contributed by atoms with Crippen LogP contribution in [0, 0.1) is 0 Å². The number of hydrogen-bond donors (Lipinski definition) is 0. The largest absolute Gasteiger partial charge is 0.494 e. The maximum absolute atomic E-state index is 5.83. The number of ether oxygens (including phenoxy) is 3. The number of benzene rings is 2. The van der Waals surface area contributed by atoms with E-state index in [0.29, 0.717) is 6.61 Å². The molecule has 0 saturated carbocycles. The summed E-state index contributed by atoms with van der Waals surface area (Å²) in [4.78, 5) is 0. The first-order chi connectivity index (χ1) is 12.9. The van der Waals surface area contributed by atoms with Crippen LogP contribution in [0.15, 0.2) is 60.7 Å². The van der Waals surface area contributed by atoms with Gasteiger partial charge in [0, 0.05) is 5.41 Å². The zero-order valence-electron chi connectivity index (χ0n) is 16.7. The third-order valence-corrected chi connectivity index (χ3v) is 5.01. The fraction of sp³-hybridized carbons (Fsp3) is 0.417. The summed E-state index contributed by atoms with van der Waals surface area (Å²) >= 11 is 0. The van der Waals surface area contributed by atoms with Crippen LogP contribution in [0.4, 0.5) is 0 Å². The molecule has 3 heteroatoms. The Bertz CT molecular complexity index is 740. The standard InChI is InChI=1S/C24H30O3/c1-18(2)6-5-15-25-21-11-7-19(8-12-21)24(3,4)20-9-13-22(14-10-20)26-16-23-17-27-23/h7-14,23H,1,5-6,15-17H2,2-4H3. The molecule has 0 N–H and O–H groups in total. The van der Waals surface area contributed by atoms with Gasteiger partial charge in [-0.1, -0.05) is 43.7 Å². The minimum Gasteiger partial charge on any atom is -0.494 e. The molecule has 0 aromatic heterocycles. The molecule has 2 aromatic carbocycles. The molecule has 3 rings (SSSR count). The van der Waals surface area contributed by atoms with Gasteiger partial charge in [0.15, 0.2) is 0 Å². The van der Waals surface area contributed by atoms with Crippen molar-refractivity contribution in [1.29, 1.82) is 0 Å². The summed E-state index contributed by atoms with van der Waals surface area (Å²) in [5, 5.41) is 0. The van der Waals surface area contributed by atoms with Crippen LogP contribution in [0.5, 0.6) is 11.5 Å². The zero-order chi connectivity index (χ0) is 19.3. The molecule has 3 nitrogen and oxygen atoms in total. The molecule has 2 aromatic rings. The van der Waals surface area contributed by atoms with Gasteiger partial charge in [0.1, 0.15) is 24.2 Å². The Morgan fingerprint density at radius 2 is 1.52 bits per heavy atom. The molecule has 1 aliphatic heterocycles. The lowest BCUT2D eigenvalue weighted by atomic mass is 9.78. The summed E-state index contributed by atoms with van der Waals surface area (Å²) in [6, 6.07) is 16.8. The summed E-state index contributed by atoms with van der Waals surface area (Å²) in [7, 11) is 0. The van der Waals surface area contributed by atoms with Crippen molar-refractivity contribution in [3.8, 4) is 11.5 Å². The van der Waals surface area contributed by atoms with E-state index in [4.69, 9.17) is 14.2 Å². The maximum atomic E-state index is 5.83. The van der Waals surface area contributed by atoms with Crippen molar-refractivity contribution in [3.63, 3.8) is 0 Å². The highest BCUT2D eigenvalue weighted by atomic mass is 16.6. The molecule has 0 bridgehead atoms. The number of rotatable bonds is 10. The molecule has 1 saturated heterocycles. The first-order valence-electron chi connectivity index (χ1n) is 9.68. The second kappa shape index (κ2) is 8.62. The van der Waals surface area contributed by atoms with Crippen molar-refractivity contribution in [2.75, 3.05) is 19.8 Å². The van der Waals surface area contributed by atoms with E-state index in [1.54, 1.807) is 0 Å². The van der Waals surface area contributed by atoms with Gasteiger partial charge in [0.2, 0.25) is 0 Å². The lowest BCUT2D eigenvalue weighted by Gasteiger charge is -2.26. The van der Waals surface area contributed by atoms with Crippen molar-refractivity contribution in [1.82, 2.24) is 0 Å². The summed E-state index contributed by atoms with van der Waals surface area (Å²) in [6.45, 7) is 12.6. The first kappa shape index (κ1) is 19.5. The smallest absolute Gasteiger partial charge is 0.119 e. The highest BCUT2D eigenvalue weighted by Gasteiger charge is 2.24. The monoisotopic (exact) mass is 366 g/mol. The van der Waals surface area contributed by atoms with Gasteiger partial charge in [-0.25, -0.2) is 0 Å². The zero-order valence-corrected chi connectivity index (χ0v) is 16.7. The Labute approximate surface area is 163 Å². The lowest BCUT2D eigenvalue weighted by molar-refractivity contribution is 0.263. The van der Waals surface area contributed by atoms with Crippen LogP contribution < -0.4 is 9.47 Å². The first-order valence-corrected chi connectivity index (χ1v) is 9.68. The molecule has 0 spiro atoms. The average molecular weight is 367 g/mol. The van der Waals surface area contributed by atoms with E-state index in [1.165, 1.54) is 16.7 Å². The van der Waals surface area contributed by atoms with Crippen LogP contribution in [0.3, 0.4) is 0 Å². The Balaban J connectivity index is 1.58. The third kappa shape index (κ3) is 5.61. The van der Waals surface area contributed by atoms with E-state index in [-0.39, 0.29) is 11.5 Å². The average Bonchev–Trinajstić information content (AvgIpc) is 3.49. The van der Waals surface area contributed by atoms with Crippen LogP contribution in [0.2, 0.25) is 0 Å². The van der Waals surface area contributed by atoms with Gasteiger partial charge in [-0.2, -0.15) is 0 Å². The van der Waals surface area contributed by atoms with Gasteiger partial charge in [-0.3, -0.25) is 0 Å². The molecule has 1 atom stereocenters. The van der Waals surface area contributed by atoms with Crippen LogP contribution in [-0.2, 0) is 10.2 Å². The quantitative estimate of drug-likeness (QED) is 0.315. The minimum absolute atomic E-state index is 0.0867. The van der Waals surface area contributed by atoms with Crippen molar-refractivity contribution in [3.05, 3.63) is 71.8 Å². The predicted molar refractivity (Wildman–Crippen MR) is 110 cm³/mol. The van der Waals surface area contributed by atoms with Crippen LogP contribution >= 0.6 is 0 Å². The molecular formula is C24H30O3. The number of allylic oxidation sites excluding steroid dienone is 1. The van der Waals surface area contributed by atoms with Crippen LogP contribution in [0.1, 0.15) is 44.7 Å². The number of hydrogen-bond acceptors (Lipinski definition) is 3. The molecule has 0 aliphatic carbocycles. The molecule has 1 aliphatic rings. The van der Waals surface area contributed by atoms with E-state index in [2.05, 4.69) is 63.7 Å². The van der Waals surface area contributed by atoms with E-state index in [9.17, 15) is 0 Å². The van der Waals surface area contributed by atoms with Gasteiger partial charge in [-0.15, -0.1) is 6.58 Å². The predicted octanol–water partition coefficient (Wildman–Crippen LogP) is 5.53. The fourth-order valence-electron chi connectivity index (χ4n) is 3.02. The van der Waals surface area contributed by atoms with E-state index >= 15 is 0 Å². The SMILES string of the molecule is C=C(C)CCCOc1ccc(C(C)(C)c2ccc(OCC3CO3)cc2)cc1.